The van der Waals surface area contributed by atoms with Crippen LogP contribution in [-0.4, -0.2) is 11.1 Å². The maximum Gasteiger partial charge on any atom is 0.159 e. The Morgan fingerprint density at radius 1 is 1.58 bits per heavy atom. The van der Waals surface area contributed by atoms with Gasteiger partial charge in [-0.25, -0.2) is 9.37 Å². The predicted octanol–water partition coefficient (Wildman–Crippen LogP) is 2.77. The number of halogens is 2. The second-order valence-corrected chi connectivity index (χ2v) is 3.36. The van der Waals surface area contributed by atoms with E-state index in [-0.39, 0.29) is 10.7 Å². The molecule has 0 fully saturated rings. The zero-order valence-electron chi connectivity index (χ0n) is 6.84. The highest BCUT2D eigenvalue weighted by molar-refractivity contribution is 9.10. The molecule has 0 aliphatic heterocycles. The van der Waals surface area contributed by atoms with Gasteiger partial charge in [0, 0.05) is 6.07 Å². The van der Waals surface area contributed by atoms with Crippen LogP contribution in [0.3, 0.4) is 0 Å². The van der Waals surface area contributed by atoms with Crippen LogP contribution in [-0.2, 0) is 0 Å². The molecule has 0 saturated heterocycles. The lowest BCUT2D eigenvalue weighted by Gasteiger charge is -2.08. The van der Waals surface area contributed by atoms with Crippen molar-refractivity contribution in [2.24, 2.45) is 0 Å². The number of hydrogen-bond acceptors (Lipinski definition) is 2. The van der Waals surface area contributed by atoms with E-state index >= 15 is 0 Å². The van der Waals surface area contributed by atoms with Gasteiger partial charge in [0.05, 0.1) is 12.3 Å². The lowest BCUT2D eigenvalue weighted by molar-refractivity contribution is 0.240. The third-order valence-electron chi connectivity index (χ3n) is 1.14. The largest absolute Gasteiger partial charge is 0.489 e. The third kappa shape index (κ3) is 2.44. The number of aromatic nitrogens is 1. The minimum absolute atomic E-state index is 0.0346. The van der Waals surface area contributed by atoms with Gasteiger partial charge in [0.1, 0.15) is 10.4 Å². The van der Waals surface area contributed by atoms with Crippen molar-refractivity contribution in [2.45, 2.75) is 20.0 Å². The molecule has 0 aromatic carbocycles. The van der Waals surface area contributed by atoms with Crippen LogP contribution in [0.15, 0.2) is 16.9 Å². The van der Waals surface area contributed by atoms with E-state index in [9.17, 15) is 4.39 Å². The van der Waals surface area contributed by atoms with Crippen LogP contribution in [0.4, 0.5) is 4.39 Å². The Morgan fingerprint density at radius 3 is 2.75 bits per heavy atom. The maximum atomic E-state index is 12.8. The minimum Gasteiger partial charge on any atom is -0.489 e. The van der Waals surface area contributed by atoms with E-state index in [0.29, 0.717) is 5.75 Å². The summed E-state index contributed by atoms with van der Waals surface area (Å²) in [7, 11) is 0. The Balaban J connectivity index is 2.82. The van der Waals surface area contributed by atoms with E-state index in [4.69, 9.17) is 4.74 Å². The normalized spacial score (nSPS) is 10.4. The highest BCUT2D eigenvalue weighted by Gasteiger charge is 2.03. The Hall–Kier alpha value is -0.640. The van der Waals surface area contributed by atoms with Gasteiger partial charge in [-0.1, -0.05) is 0 Å². The first kappa shape index (κ1) is 9.45. The van der Waals surface area contributed by atoms with Gasteiger partial charge in [0.25, 0.3) is 0 Å². The summed E-state index contributed by atoms with van der Waals surface area (Å²) >= 11 is 2.95. The fourth-order valence-electron chi connectivity index (χ4n) is 0.740. The molecule has 1 aromatic rings. The molecule has 0 atom stereocenters. The van der Waals surface area contributed by atoms with Crippen molar-refractivity contribution >= 4 is 15.9 Å². The molecule has 66 valence electrons. The molecule has 0 unspecified atom stereocenters. The molecule has 0 N–H and O–H groups in total. The monoisotopic (exact) mass is 233 g/mol. The molecule has 0 spiro atoms. The van der Waals surface area contributed by atoms with Crippen LogP contribution in [0, 0.1) is 5.82 Å². The van der Waals surface area contributed by atoms with Crippen LogP contribution in [0.1, 0.15) is 13.8 Å². The van der Waals surface area contributed by atoms with E-state index in [1.807, 2.05) is 13.8 Å². The van der Waals surface area contributed by atoms with Crippen LogP contribution in [0.5, 0.6) is 5.75 Å². The quantitative estimate of drug-likeness (QED) is 0.734. The molecule has 1 heterocycles. The molecular formula is C8H9BrFNO. The summed E-state index contributed by atoms with van der Waals surface area (Å²) in [5.74, 6) is 0.0406. The van der Waals surface area contributed by atoms with Crippen molar-refractivity contribution in [3.8, 4) is 5.75 Å². The van der Waals surface area contributed by atoms with E-state index in [2.05, 4.69) is 20.9 Å². The molecule has 0 bridgehead atoms. The Labute approximate surface area is 78.9 Å². The summed E-state index contributed by atoms with van der Waals surface area (Å²) in [6.45, 7) is 3.75. The summed E-state index contributed by atoms with van der Waals surface area (Å²) < 4.78 is 18.3. The van der Waals surface area contributed by atoms with Gasteiger partial charge >= 0.3 is 0 Å². The van der Waals surface area contributed by atoms with Gasteiger partial charge in [0.2, 0.25) is 0 Å². The fraction of sp³-hybridized carbons (Fsp3) is 0.375. The first-order chi connectivity index (χ1) is 5.59. The van der Waals surface area contributed by atoms with E-state index in [1.165, 1.54) is 12.3 Å². The van der Waals surface area contributed by atoms with Crippen LogP contribution in [0.2, 0.25) is 0 Å². The molecule has 12 heavy (non-hydrogen) atoms. The van der Waals surface area contributed by atoms with E-state index < -0.39 is 5.82 Å². The number of pyridine rings is 1. The lowest BCUT2D eigenvalue weighted by Crippen LogP contribution is -2.06. The van der Waals surface area contributed by atoms with Crippen LogP contribution < -0.4 is 4.74 Å². The molecule has 0 aliphatic carbocycles. The molecule has 0 radical (unpaired) electrons. The van der Waals surface area contributed by atoms with Crippen molar-refractivity contribution in [1.29, 1.82) is 0 Å². The zero-order chi connectivity index (χ0) is 9.14. The average Bonchev–Trinajstić information content (AvgIpc) is 1.96. The lowest BCUT2D eigenvalue weighted by atomic mass is 10.4. The van der Waals surface area contributed by atoms with Gasteiger partial charge in [-0.2, -0.15) is 0 Å². The average molecular weight is 234 g/mol. The summed E-state index contributed by atoms with van der Waals surface area (Å²) in [6.07, 6.45) is 1.51. The first-order valence-corrected chi connectivity index (χ1v) is 4.36. The molecule has 1 rings (SSSR count). The fourth-order valence-corrected chi connectivity index (χ4v) is 0.957. The van der Waals surface area contributed by atoms with Crippen LogP contribution >= 0.6 is 15.9 Å². The van der Waals surface area contributed by atoms with Crippen molar-refractivity contribution in [3.05, 3.63) is 22.7 Å². The SMILES string of the molecule is CC(C)Oc1cnc(Br)c(F)c1. The molecule has 0 amide bonds. The smallest absolute Gasteiger partial charge is 0.159 e. The van der Waals surface area contributed by atoms with Gasteiger partial charge in [-0.05, 0) is 29.8 Å². The number of nitrogens with zero attached hydrogens (tertiary/aromatic N) is 1. The molecular weight excluding hydrogens is 225 g/mol. The highest BCUT2D eigenvalue weighted by atomic mass is 79.9. The second kappa shape index (κ2) is 3.85. The van der Waals surface area contributed by atoms with Crippen molar-refractivity contribution in [3.63, 3.8) is 0 Å². The number of rotatable bonds is 2. The van der Waals surface area contributed by atoms with Crippen LogP contribution in [0.25, 0.3) is 0 Å². The van der Waals surface area contributed by atoms with Crippen molar-refractivity contribution in [2.75, 3.05) is 0 Å². The van der Waals surface area contributed by atoms with Gasteiger partial charge in [-0.3, -0.25) is 0 Å². The predicted molar refractivity (Wildman–Crippen MR) is 47.7 cm³/mol. The number of hydrogen-bond donors (Lipinski definition) is 0. The Morgan fingerprint density at radius 2 is 2.25 bits per heavy atom. The Bertz CT molecular complexity index is 278. The topological polar surface area (TPSA) is 22.1 Å². The van der Waals surface area contributed by atoms with E-state index in [1.54, 1.807) is 0 Å². The molecule has 0 saturated carbocycles. The number of ether oxygens (including phenoxy) is 1. The third-order valence-corrected chi connectivity index (χ3v) is 1.73. The van der Waals surface area contributed by atoms with Gasteiger partial charge in [-0.15, -0.1) is 0 Å². The highest BCUT2D eigenvalue weighted by Crippen LogP contribution is 2.18. The van der Waals surface area contributed by atoms with E-state index in [0.717, 1.165) is 0 Å². The summed E-state index contributed by atoms with van der Waals surface area (Å²) in [6, 6.07) is 1.30. The van der Waals surface area contributed by atoms with Crippen molar-refractivity contribution in [1.82, 2.24) is 4.98 Å². The van der Waals surface area contributed by atoms with Gasteiger partial charge in [0.15, 0.2) is 5.82 Å². The maximum absolute atomic E-state index is 12.8. The Kier molecular flexibility index (Phi) is 3.03. The molecule has 4 heteroatoms. The first-order valence-electron chi connectivity index (χ1n) is 3.57. The standard InChI is InChI=1S/C8H9BrFNO/c1-5(2)12-6-3-7(10)8(9)11-4-6/h3-5H,1-2H3. The second-order valence-electron chi connectivity index (χ2n) is 2.61. The summed E-state index contributed by atoms with van der Waals surface area (Å²) in [5, 5.41) is 0. The molecule has 1 aromatic heterocycles. The minimum atomic E-state index is -0.409. The zero-order valence-corrected chi connectivity index (χ0v) is 8.43. The summed E-state index contributed by atoms with van der Waals surface area (Å²) in [4.78, 5) is 3.75. The summed E-state index contributed by atoms with van der Waals surface area (Å²) in [5.41, 5.74) is 0. The molecule has 2 nitrogen and oxygen atoms in total. The van der Waals surface area contributed by atoms with Gasteiger partial charge < -0.3 is 4.74 Å². The molecule has 0 aliphatic rings. The van der Waals surface area contributed by atoms with Crippen molar-refractivity contribution < 1.29 is 9.13 Å².